The predicted octanol–water partition coefficient (Wildman–Crippen LogP) is 3.78. The number of benzene rings is 2. The lowest BCUT2D eigenvalue weighted by Gasteiger charge is -2.13. The summed E-state index contributed by atoms with van der Waals surface area (Å²) in [5.41, 5.74) is 1.21. The number of alkyl halides is 3. The van der Waals surface area contributed by atoms with Crippen LogP contribution in [0.3, 0.4) is 0 Å². The summed E-state index contributed by atoms with van der Waals surface area (Å²) < 4.78 is 48.7. The molecule has 0 fully saturated rings. The molecule has 29 heavy (non-hydrogen) atoms. The summed E-state index contributed by atoms with van der Waals surface area (Å²) in [5.74, 6) is -0.116. The third-order valence-corrected chi connectivity index (χ3v) is 3.93. The number of carbonyl (C=O) groups excluding carboxylic acids is 1. The SMILES string of the molecule is COc1cccc(-n2nnc(C(=O)Nc3ccccc3OCC(F)(F)F)c2C)c1. The summed E-state index contributed by atoms with van der Waals surface area (Å²) in [4.78, 5) is 12.6. The molecule has 2 aromatic carbocycles. The van der Waals surface area contributed by atoms with Crippen LogP contribution in [0, 0.1) is 6.92 Å². The molecule has 0 atom stereocenters. The molecule has 0 saturated carbocycles. The summed E-state index contributed by atoms with van der Waals surface area (Å²) in [6, 6.07) is 12.9. The summed E-state index contributed by atoms with van der Waals surface area (Å²) >= 11 is 0. The van der Waals surface area contributed by atoms with Gasteiger partial charge in [0.2, 0.25) is 0 Å². The van der Waals surface area contributed by atoms with E-state index in [2.05, 4.69) is 15.6 Å². The molecule has 10 heteroatoms. The Balaban J connectivity index is 1.81. The number of hydrogen-bond acceptors (Lipinski definition) is 5. The number of nitrogens with one attached hydrogen (secondary N) is 1. The average Bonchev–Trinajstić information content (AvgIpc) is 3.08. The Morgan fingerprint density at radius 1 is 1.17 bits per heavy atom. The van der Waals surface area contributed by atoms with E-state index in [4.69, 9.17) is 9.47 Å². The van der Waals surface area contributed by atoms with Gasteiger partial charge in [0.05, 0.1) is 24.2 Å². The Bertz CT molecular complexity index is 1020. The number of carbonyl (C=O) groups is 1. The fourth-order valence-electron chi connectivity index (χ4n) is 2.56. The van der Waals surface area contributed by atoms with Gasteiger partial charge in [0.15, 0.2) is 12.3 Å². The second-order valence-corrected chi connectivity index (χ2v) is 5.99. The summed E-state index contributed by atoms with van der Waals surface area (Å²) in [6.45, 7) is 0.186. The van der Waals surface area contributed by atoms with Crippen LogP contribution >= 0.6 is 0 Å². The Hall–Kier alpha value is -3.56. The van der Waals surface area contributed by atoms with E-state index < -0.39 is 18.7 Å². The Morgan fingerprint density at radius 3 is 2.66 bits per heavy atom. The minimum Gasteiger partial charge on any atom is -0.497 e. The lowest BCUT2D eigenvalue weighted by molar-refractivity contribution is -0.153. The number of methoxy groups -OCH3 is 1. The summed E-state index contributed by atoms with van der Waals surface area (Å²) in [6.07, 6.45) is -4.49. The van der Waals surface area contributed by atoms with Gasteiger partial charge in [-0.05, 0) is 31.2 Å². The Labute approximate surface area is 164 Å². The summed E-state index contributed by atoms with van der Waals surface area (Å²) in [7, 11) is 1.53. The van der Waals surface area contributed by atoms with E-state index in [1.54, 1.807) is 37.3 Å². The Kier molecular flexibility index (Phi) is 5.71. The third-order valence-electron chi connectivity index (χ3n) is 3.93. The van der Waals surface area contributed by atoms with Crippen LogP contribution in [-0.4, -0.2) is 40.8 Å². The summed E-state index contributed by atoms with van der Waals surface area (Å²) in [5, 5.41) is 10.4. The molecule has 3 rings (SSSR count). The van der Waals surface area contributed by atoms with Crippen molar-refractivity contribution in [1.29, 1.82) is 0 Å². The maximum atomic E-state index is 12.6. The van der Waals surface area contributed by atoms with Crippen molar-refractivity contribution in [3.05, 3.63) is 59.9 Å². The molecule has 0 bridgehead atoms. The Morgan fingerprint density at radius 2 is 1.93 bits per heavy atom. The molecule has 0 spiro atoms. The standard InChI is InChI=1S/C19H17F3N4O3/c1-12-17(24-25-26(12)13-6-5-7-14(10-13)28-2)18(27)23-15-8-3-4-9-16(15)29-11-19(20,21)22/h3-10H,11H2,1-2H3,(H,23,27). The second kappa shape index (κ2) is 8.21. The molecule has 0 aliphatic heterocycles. The van der Waals surface area contributed by atoms with Crippen molar-refractivity contribution < 1.29 is 27.4 Å². The van der Waals surface area contributed by atoms with Gasteiger partial charge < -0.3 is 14.8 Å². The number of hydrogen-bond donors (Lipinski definition) is 1. The highest BCUT2D eigenvalue weighted by atomic mass is 19.4. The van der Waals surface area contributed by atoms with Gasteiger partial charge in [0, 0.05) is 6.07 Å². The van der Waals surface area contributed by atoms with Gasteiger partial charge in [0.25, 0.3) is 5.91 Å². The van der Waals surface area contributed by atoms with Crippen molar-refractivity contribution >= 4 is 11.6 Å². The van der Waals surface area contributed by atoms with Crippen molar-refractivity contribution in [1.82, 2.24) is 15.0 Å². The van der Waals surface area contributed by atoms with Crippen molar-refractivity contribution in [2.24, 2.45) is 0 Å². The topological polar surface area (TPSA) is 78.3 Å². The number of para-hydroxylation sites is 2. The zero-order valence-electron chi connectivity index (χ0n) is 15.5. The van der Waals surface area contributed by atoms with Gasteiger partial charge in [-0.1, -0.05) is 23.4 Å². The number of aromatic nitrogens is 3. The van der Waals surface area contributed by atoms with Crippen molar-refractivity contribution in [2.75, 3.05) is 19.0 Å². The zero-order valence-corrected chi connectivity index (χ0v) is 15.5. The number of nitrogens with zero attached hydrogens (tertiary/aromatic N) is 3. The van der Waals surface area contributed by atoms with Crippen LogP contribution in [0.1, 0.15) is 16.2 Å². The minimum atomic E-state index is -4.49. The highest BCUT2D eigenvalue weighted by Gasteiger charge is 2.29. The first-order valence-corrected chi connectivity index (χ1v) is 8.45. The second-order valence-electron chi connectivity index (χ2n) is 5.99. The van der Waals surface area contributed by atoms with Crippen LogP contribution in [0.15, 0.2) is 48.5 Å². The van der Waals surface area contributed by atoms with E-state index in [0.717, 1.165) is 0 Å². The highest BCUT2D eigenvalue weighted by molar-refractivity contribution is 6.04. The molecule has 0 unspecified atom stereocenters. The van der Waals surface area contributed by atoms with Gasteiger partial charge in [-0.25, -0.2) is 4.68 Å². The highest BCUT2D eigenvalue weighted by Crippen LogP contribution is 2.27. The van der Waals surface area contributed by atoms with Gasteiger partial charge in [-0.15, -0.1) is 5.10 Å². The number of amides is 1. The monoisotopic (exact) mass is 406 g/mol. The fourth-order valence-corrected chi connectivity index (χ4v) is 2.56. The van der Waals surface area contributed by atoms with Crippen molar-refractivity contribution in [2.45, 2.75) is 13.1 Å². The van der Waals surface area contributed by atoms with Crippen LogP contribution in [0.2, 0.25) is 0 Å². The minimum absolute atomic E-state index is 0.0263. The molecule has 152 valence electrons. The molecular weight excluding hydrogens is 389 g/mol. The van der Waals surface area contributed by atoms with Crippen LogP contribution in [0.5, 0.6) is 11.5 Å². The van der Waals surface area contributed by atoms with Crippen molar-refractivity contribution in [3.63, 3.8) is 0 Å². The zero-order chi connectivity index (χ0) is 21.0. The van der Waals surface area contributed by atoms with Crippen LogP contribution in [0.25, 0.3) is 5.69 Å². The lowest BCUT2D eigenvalue weighted by atomic mass is 10.2. The molecule has 1 amide bonds. The van der Waals surface area contributed by atoms with E-state index >= 15 is 0 Å². The third kappa shape index (κ3) is 4.84. The normalized spacial score (nSPS) is 11.2. The van der Waals surface area contributed by atoms with Crippen LogP contribution in [0.4, 0.5) is 18.9 Å². The molecule has 0 saturated heterocycles. The average molecular weight is 406 g/mol. The molecule has 0 radical (unpaired) electrons. The maximum absolute atomic E-state index is 12.6. The smallest absolute Gasteiger partial charge is 0.422 e. The number of halogens is 3. The van der Waals surface area contributed by atoms with E-state index in [1.165, 1.54) is 30.0 Å². The van der Waals surface area contributed by atoms with E-state index in [9.17, 15) is 18.0 Å². The van der Waals surface area contributed by atoms with Crippen LogP contribution < -0.4 is 14.8 Å². The number of anilines is 1. The molecule has 1 aromatic heterocycles. The van der Waals surface area contributed by atoms with Gasteiger partial charge in [-0.3, -0.25) is 4.79 Å². The van der Waals surface area contributed by atoms with Crippen LogP contribution in [-0.2, 0) is 0 Å². The fraction of sp³-hybridized carbons (Fsp3) is 0.211. The first-order valence-electron chi connectivity index (χ1n) is 8.45. The quantitative estimate of drug-likeness (QED) is 0.674. The first-order chi connectivity index (χ1) is 13.8. The maximum Gasteiger partial charge on any atom is 0.422 e. The lowest BCUT2D eigenvalue weighted by Crippen LogP contribution is -2.20. The molecule has 1 N–H and O–H groups in total. The van der Waals surface area contributed by atoms with Gasteiger partial charge in [0.1, 0.15) is 11.5 Å². The van der Waals surface area contributed by atoms with E-state index in [0.29, 0.717) is 17.1 Å². The number of ether oxygens (including phenoxy) is 2. The molecule has 0 aliphatic carbocycles. The molecule has 1 heterocycles. The molecular formula is C19H17F3N4O3. The van der Waals surface area contributed by atoms with Crippen molar-refractivity contribution in [3.8, 4) is 17.2 Å². The van der Waals surface area contributed by atoms with E-state index in [1.807, 2.05) is 0 Å². The molecule has 7 nitrogen and oxygen atoms in total. The van der Waals surface area contributed by atoms with Gasteiger partial charge >= 0.3 is 6.18 Å². The first kappa shape index (κ1) is 20.2. The molecule has 0 aliphatic rings. The number of rotatable bonds is 6. The predicted molar refractivity (Wildman–Crippen MR) is 98.6 cm³/mol. The molecule has 3 aromatic rings. The van der Waals surface area contributed by atoms with Gasteiger partial charge in [-0.2, -0.15) is 13.2 Å². The van der Waals surface area contributed by atoms with E-state index in [-0.39, 0.29) is 17.1 Å². The largest absolute Gasteiger partial charge is 0.497 e.